The lowest BCUT2D eigenvalue weighted by atomic mass is 9.84. The average Bonchev–Trinajstić information content (AvgIpc) is 2.92. The Bertz CT molecular complexity index is 980. The van der Waals surface area contributed by atoms with E-state index in [-0.39, 0.29) is 11.7 Å². The average molecular weight is 393 g/mol. The Balaban J connectivity index is 1.37. The Kier molecular flexibility index (Phi) is 4.45. The molecule has 6 nitrogen and oxygen atoms in total. The van der Waals surface area contributed by atoms with Crippen LogP contribution in [0.1, 0.15) is 70.6 Å². The van der Waals surface area contributed by atoms with Crippen LogP contribution >= 0.6 is 0 Å². The van der Waals surface area contributed by atoms with Crippen molar-refractivity contribution in [2.24, 2.45) is 7.05 Å². The summed E-state index contributed by atoms with van der Waals surface area (Å²) in [5, 5.41) is 4.61. The topological polar surface area (TPSA) is 64.4 Å². The molecule has 1 unspecified atom stereocenters. The molecular weight excluding hydrogens is 366 g/mol. The van der Waals surface area contributed by atoms with Crippen molar-refractivity contribution in [1.29, 1.82) is 0 Å². The third-order valence-electron chi connectivity index (χ3n) is 6.70. The Morgan fingerprint density at radius 1 is 1.10 bits per heavy atom. The number of fused-ring (bicyclic) bond motifs is 2. The number of likely N-dealkylation sites (tertiary alicyclic amines) is 1. The second-order valence-corrected chi connectivity index (χ2v) is 8.63. The predicted molar refractivity (Wildman–Crippen MR) is 108 cm³/mol. The minimum absolute atomic E-state index is 0.0720. The lowest BCUT2D eigenvalue weighted by Crippen LogP contribution is -2.43. The van der Waals surface area contributed by atoms with E-state index in [2.05, 4.69) is 5.10 Å². The van der Waals surface area contributed by atoms with Crippen LogP contribution in [0.2, 0.25) is 0 Å². The number of ether oxygens (including phenoxy) is 1. The van der Waals surface area contributed by atoms with Gasteiger partial charge in [-0.25, -0.2) is 0 Å². The van der Waals surface area contributed by atoms with Crippen LogP contribution in [0.4, 0.5) is 0 Å². The zero-order valence-corrected chi connectivity index (χ0v) is 16.9. The highest BCUT2D eigenvalue weighted by molar-refractivity contribution is 6.00. The summed E-state index contributed by atoms with van der Waals surface area (Å²) in [6.45, 7) is 1.30. The standard InChI is InChI=1S/C23H27N3O3/c1-25-21(16-7-2-4-9-18(16)24-25)22(28)26-13-6-11-23(12-14-26)15-19(27)17-8-3-5-10-20(17)29-23/h3,5,8,10H,2,4,6-7,9,11-15H2,1H3. The Labute approximate surface area is 170 Å². The maximum atomic E-state index is 13.4. The van der Waals surface area contributed by atoms with Gasteiger partial charge < -0.3 is 9.64 Å². The number of rotatable bonds is 1. The molecule has 3 aliphatic rings. The zero-order chi connectivity index (χ0) is 20.0. The van der Waals surface area contributed by atoms with Gasteiger partial charge in [-0.2, -0.15) is 5.10 Å². The third kappa shape index (κ3) is 3.15. The van der Waals surface area contributed by atoms with Gasteiger partial charge in [-0.15, -0.1) is 0 Å². The molecule has 0 bridgehead atoms. The number of para-hydroxylation sites is 1. The molecule has 152 valence electrons. The minimum Gasteiger partial charge on any atom is -0.486 e. The van der Waals surface area contributed by atoms with Crippen molar-refractivity contribution in [1.82, 2.24) is 14.7 Å². The predicted octanol–water partition coefficient (Wildman–Crippen LogP) is 3.33. The number of ketones is 1. The van der Waals surface area contributed by atoms with Crippen LogP contribution in [0.15, 0.2) is 24.3 Å². The summed E-state index contributed by atoms with van der Waals surface area (Å²) in [4.78, 5) is 28.0. The van der Waals surface area contributed by atoms with Gasteiger partial charge in [-0.3, -0.25) is 14.3 Å². The lowest BCUT2D eigenvalue weighted by molar-refractivity contribution is 0.0300. The fraction of sp³-hybridized carbons (Fsp3) is 0.522. The Morgan fingerprint density at radius 2 is 1.93 bits per heavy atom. The SMILES string of the molecule is Cn1nc2c(c1C(=O)N1CCCC3(CC1)CC(=O)c1ccccc1O3)CCCC2. The largest absolute Gasteiger partial charge is 0.486 e. The number of Topliss-reactive ketones (excluding diaryl/α,β-unsaturated/α-hetero) is 1. The van der Waals surface area contributed by atoms with Crippen molar-refractivity contribution in [3.63, 3.8) is 0 Å². The van der Waals surface area contributed by atoms with Crippen molar-refractivity contribution in [3.05, 3.63) is 46.8 Å². The fourth-order valence-corrected chi connectivity index (χ4v) is 5.19. The number of hydrogen-bond donors (Lipinski definition) is 0. The number of aromatic nitrogens is 2. The van der Waals surface area contributed by atoms with Crippen LogP contribution in [0.5, 0.6) is 5.75 Å². The van der Waals surface area contributed by atoms with E-state index < -0.39 is 5.60 Å². The monoisotopic (exact) mass is 393 g/mol. The number of benzene rings is 1. The van der Waals surface area contributed by atoms with Crippen LogP contribution < -0.4 is 4.74 Å². The Morgan fingerprint density at radius 3 is 2.83 bits per heavy atom. The van der Waals surface area contributed by atoms with Gasteiger partial charge in [0.15, 0.2) is 5.78 Å². The molecule has 1 atom stereocenters. The summed E-state index contributed by atoms with van der Waals surface area (Å²) in [6.07, 6.45) is 6.88. The van der Waals surface area contributed by atoms with Gasteiger partial charge in [-0.05, 0) is 50.7 Å². The molecule has 0 saturated carbocycles. The molecule has 1 aromatic heterocycles. The summed E-state index contributed by atoms with van der Waals surface area (Å²) in [5.41, 5.74) is 3.16. The van der Waals surface area contributed by atoms with Crippen LogP contribution in [0.3, 0.4) is 0 Å². The summed E-state index contributed by atoms with van der Waals surface area (Å²) >= 11 is 0. The maximum Gasteiger partial charge on any atom is 0.272 e. The van der Waals surface area contributed by atoms with Crippen LogP contribution in [-0.2, 0) is 19.9 Å². The summed E-state index contributed by atoms with van der Waals surface area (Å²) in [6, 6.07) is 7.50. The number of carbonyl (C=O) groups excluding carboxylic acids is 2. The second kappa shape index (κ2) is 7.01. The summed E-state index contributed by atoms with van der Waals surface area (Å²) in [7, 11) is 1.88. The van der Waals surface area contributed by atoms with E-state index >= 15 is 0 Å². The first kappa shape index (κ1) is 18.4. The van der Waals surface area contributed by atoms with Crippen molar-refractivity contribution in [2.45, 2.75) is 57.0 Å². The van der Waals surface area contributed by atoms with Crippen molar-refractivity contribution in [2.75, 3.05) is 13.1 Å². The van der Waals surface area contributed by atoms with E-state index in [9.17, 15) is 9.59 Å². The van der Waals surface area contributed by atoms with E-state index in [1.165, 1.54) is 0 Å². The molecule has 2 aromatic rings. The highest BCUT2D eigenvalue weighted by Crippen LogP contribution is 2.39. The highest BCUT2D eigenvalue weighted by atomic mass is 16.5. The molecule has 6 heteroatoms. The third-order valence-corrected chi connectivity index (χ3v) is 6.70. The lowest BCUT2D eigenvalue weighted by Gasteiger charge is -2.37. The molecule has 3 heterocycles. The van der Waals surface area contributed by atoms with Gasteiger partial charge in [0.2, 0.25) is 0 Å². The van der Waals surface area contributed by atoms with Crippen LogP contribution in [0.25, 0.3) is 0 Å². The van der Waals surface area contributed by atoms with E-state index in [0.717, 1.165) is 55.5 Å². The molecular formula is C23H27N3O3. The minimum atomic E-state index is -0.494. The molecule has 1 amide bonds. The normalized spacial score (nSPS) is 23.9. The van der Waals surface area contributed by atoms with Gasteiger partial charge in [-0.1, -0.05) is 12.1 Å². The number of carbonyl (C=O) groups is 2. The van der Waals surface area contributed by atoms with Gasteiger partial charge in [0, 0.05) is 32.1 Å². The first-order valence-electron chi connectivity index (χ1n) is 10.7. The Hall–Kier alpha value is -2.63. The van der Waals surface area contributed by atoms with E-state index in [4.69, 9.17) is 4.74 Å². The molecule has 1 saturated heterocycles. The molecule has 5 rings (SSSR count). The van der Waals surface area contributed by atoms with Crippen LogP contribution in [-0.4, -0.2) is 45.1 Å². The van der Waals surface area contributed by atoms with Crippen molar-refractivity contribution >= 4 is 11.7 Å². The zero-order valence-electron chi connectivity index (χ0n) is 16.9. The van der Waals surface area contributed by atoms with E-state index in [1.54, 1.807) is 4.68 Å². The number of nitrogens with zero attached hydrogens (tertiary/aromatic N) is 3. The van der Waals surface area contributed by atoms with Crippen molar-refractivity contribution < 1.29 is 14.3 Å². The maximum absolute atomic E-state index is 13.4. The van der Waals surface area contributed by atoms with Gasteiger partial charge >= 0.3 is 0 Å². The highest BCUT2D eigenvalue weighted by Gasteiger charge is 2.42. The molecule has 2 aliphatic heterocycles. The van der Waals surface area contributed by atoms with Gasteiger partial charge in [0.1, 0.15) is 17.0 Å². The summed E-state index contributed by atoms with van der Waals surface area (Å²) in [5.74, 6) is 0.902. The van der Waals surface area contributed by atoms with Gasteiger partial charge in [0.25, 0.3) is 5.91 Å². The number of hydrogen-bond acceptors (Lipinski definition) is 4. The number of aryl methyl sites for hydroxylation is 2. The first-order valence-corrected chi connectivity index (χ1v) is 10.7. The van der Waals surface area contributed by atoms with E-state index in [0.29, 0.717) is 37.2 Å². The molecule has 0 radical (unpaired) electrons. The molecule has 1 fully saturated rings. The molecule has 0 N–H and O–H groups in total. The first-order chi connectivity index (χ1) is 14.1. The van der Waals surface area contributed by atoms with Gasteiger partial charge in [0.05, 0.1) is 17.7 Å². The smallest absolute Gasteiger partial charge is 0.272 e. The van der Waals surface area contributed by atoms with E-state index in [1.807, 2.05) is 36.2 Å². The molecule has 1 aliphatic carbocycles. The van der Waals surface area contributed by atoms with Crippen LogP contribution in [0, 0.1) is 0 Å². The quantitative estimate of drug-likeness (QED) is 0.746. The second-order valence-electron chi connectivity index (χ2n) is 8.63. The summed E-state index contributed by atoms with van der Waals surface area (Å²) < 4.78 is 8.14. The molecule has 1 aromatic carbocycles. The fourth-order valence-electron chi connectivity index (χ4n) is 5.19. The molecule has 29 heavy (non-hydrogen) atoms. The molecule has 1 spiro atoms. The number of amides is 1. The van der Waals surface area contributed by atoms with Crippen molar-refractivity contribution in [3.8, 4) is 5.75 Å².